The number of Topliss-reactive ketones (excluding diaryl/α,β-unsaturated/α-hetero) is 1. The van der Waals surface area contributed by atoms with Gasteiger partial charge in [-0.05, 0) is 43.4 Å². The van der Waals surface area contributed by atoms with Crippen molar-refractivity contribution in [1.82, 2.24) is 5.32 Å². The first kappa shape index (κ1) is 19.6. The minimum atomic E-state index is -0.623. The smallest absolute Gasteiger partial charge is 0.336 e. The summed E-state index contributed by atoms with van der Waals surface area (Å²) < 4.78 is 18.9. The van der Waals surface area contributed by atoms with E-state index in [-0.39, 0.29) is 22.8 Å². The van der Waals surface area contributed by atoms with Crippen LogP contribution in [0.5, 0.6) is 0 Å². The van der Waals surface area contributed by atoms with Crippen molar-refractivity contribution in [3.8, 4) is 0 Å². The maximum atomic E-state index is 13.7. The number of dihydropyridines is 1. The summed E-state index contributed by atoms with van der Waals surface area (Å²) in [6, 6.07) is 4.31. The van der Waals surface area contributed by atoms with Crippen molar-refractivity contribution < 1.29 is 18.7 Å². The van der Waals surface area contributed by atoms with Crippen LogP contribution >= 0.6 is 11.6 Å². The molecular formula is C21H23ClFNO3. The molecule has 0 spiro atoms. The van der Waals surface area contributed by atoms with Crippen LogP contribution in [0.1, 0.15) is 52.0 Å². The van der Waals surface area contributed by atoms with Crippen LogP contribution in [0.4, 0.5) is 4.39 Å². The number of ketones is 1. The Balaban J connectivity index is 2.20. The largest absolute Gasteiger partial charge is 0.463 e. The fourth-order valence-electron chi connectivity index (χ4n) is 3.94. The van der Waals surface area contributed by atoms with Gasteiger partial charge in [0.25, 0.3) is 0 Å². The molecule has 1 heterocycles. The molecule has 0 saturated heterocycles. The number of esters is 1. The molecule has 1 aromatic rings. The lowest BCUT2D eigenvalue weighted by molar-refractivity contribution is -0.138. The van der Waals surface area contributed by atoms with Crippen molar-refractivity contribution in [3.05, 3.63) is 57.1 Å². The molecule has 0 saturated carbocycles. The molecule has 6 heteroatoms. The maximum absolute atomic E-state index is 13.7. The number of hydrogen-bond acceptors (Lipinski definition) is 4. The minimum absolute atomic E-state index is 0.0199. The second-order valence-corrected chi connectivity index (χ2v) is 8.23. The van der Waals surface area contributed by atoms with Crippen LogP contribution in [0.25, 0.3) is 0 Å². The lowest BCUT2D eigenvalue weighted by Crippen LogP contribution is -2.38. The molecule has 1 unspecified atom stereocenters. The van der Waals surface area contributed by atoms with E-state index in [1.807, 2.05) is 13.8 Å². The highest BCUT2D eigenvalue weighted by atomic mass is 35.5. The topological polar surface area (TPSA) is 55.4 Å². The zero-order valence-electron chi connectivity index (χ0n) is 15.9. The Bertz CT molecular complexity index is 885. The van der Waals surface area contributed by atoms with Gasteiger partial charge in [0.05, 0.1) is 17.2 Å². The Morgan fingerprint density at radius 1 is 1.37 bits per heavy atom. The molecule has 0 bridgehead atoms. The molecule has 3 rings (SSSR count). The van der Waals surface area contributed by atoms with E-state index in [1.54, 1.807) is 19.9 Å². The summed E-state index contributed by atoms with van der Waals surface area (Å²) in [5.41, 5.74) is 2.80. The number of rotatable bonds is 3. The number of carbonyl (C=O) groups excluding carboxylic acids is 2. The van der Waals surface area contributed by atoms with E-state index in [9.17, 15) is 14.0 Å². The average Bonchev–Trinajstić information content (AvgIpc) is 2.55. The fourth-order valence-corrected chi connectivity index (χ4v) is 4.13. The number of hydrogen-bond donors (Lipinski definition) is 1. The molecule has 1 atom stereocenters. The predicted molar refractivity (Wildman–Crippen MR) is 102 cm³/mol. The quantitative estimate of drug-likeness (QED) is 0.762. The predicted octanol–water partition coefficient (Wildman–Crippen LogP) is 4.65. The first-order valence-corrected chi connectivity index (χ1v) is 9.38. The number of halogens is 2. The van der Waals surface area contributed by atoms with Crippen LogP contribution in [0, 0.1) is 11.2 Å². The molecule has 2 aliphatic rings. The highest BCUT2D eigenvalue weighted by molar-refractivity contribution is 6.30. The standard InChI is InChI=1S/C21H23ClFNO3/c1-5-27-20(26)17-11(2)24-15-9-21(3,4)10-16(25)19(15)18(17)12-6-7-14(23)13(22)8-12/h6-8,18,24H,5,9-10H2,1-4H3. The molecule has 144 valence electrons. The van der Waals surface area contributed by atoms with Gasteiger partial charge < -0.3 is 10.1 Å². The van der Waals surface area contributed by atoms with E-state index in [0.717, 1.165) is 5.70 Å². The number of allylic oxidation sites excluding steroid dienone is 3. The van der Waals surface area contributed by atoms with Crippen LogP contribution in [0.2, 0.25) is 5.02 Å². The van der Waals surface area contributed by atoms with Crippen LogP contribution in [-0.4, -0.2) is 18.4 Å². The lowest BCUT2D eigenvalue weighted by Gasteiger charge is -2.39. The highest BCUT2D eigenvalue weighted by Gasteiger charge is 2.43. The third-order valence-electron chi connectivity index (χ3n) is 5.01. The Hall–Kier alpha value is -2.14. The highest BCUT2D eigenvalue weighted by Crippen LogP contribution is 2.47. The summed E-state index contributed by atoms with van der Waals surface area (Å²) in [7, 11) is 0. The van der Waals surface area contributed by atoms with E-state index in [2.05, 4.69) is 5.32 Å². The number of benzene rings is 1. The van der Waals surface area contributed by atoms with E-state index < -0.39 is 17.7 Å². The molecule has 1 aliphatic carbocycles. The van der Waals surface area contributed by atoms with Gasteiger partial charge in [0.1, 0.15) is 5.82 Å². The van der Waals surface area contributed by atoms with Crippen LogP contribution < -0.4 is 5.32 Å². The molecule has 4 nitrogen and oxygen atoms in total. The number of nitrogens with one attached hydrogen (secondary N) is 1. The first-order chi connectivity index (χ1) is 12.6. The fraction of sp³-hybridized carbons (Fsp3) is 0.429. The van der Waals surface area contributed by atoms with Gasteiger partial charge >= 0.3 is 5.97 Å². The van der Waals surface area contributed by atoms with Crippen LogP contribution in [0.15, 0.2) is 40.7 Å². The molecule has 1 aromatic carbocycles. The summed E-state index contributed by atoms with van der Waals surface area (Å²) >= 11 is 5.99. The third-order valence-corrected chi connectivity index (χ3v) is 5.30. The monoisotopic (exact) mass is 391 g/mol. The summed E-state index contributed by atoms with van der Waals surface area (Å²) in [5.74, 6) is -1.68. The summed E-state index contributed by atoms with van der Waals surface area (Å²) in [6.07, 6.45) is 1.07. The third kappa shape index (κ3) is 3.65. The maximum Gasteiger partial charge on any atom is 0.336 e. The van der Waals surface area contributed by atoms with Crippen LogP contribution in [0.3, 0.4) is 0 Å². The van der Waals surface area contributed by atoms with Gasteiger partial charge in [0.2, 0.25) is 0 Å². The van der Waals surface area contributed by atoms with Crippen molar-refractivity contribution >= 4 is 23.4 Å². The molecule has 0 radical (unpaired) electrons. The molecular weight excluding hydrogens is 369 g/mol. The zero-order chi connectivity index (χ0) is 19.9. The van der Waals surface area contributed by atoms with Gasteiger partial charge in [0.15, 0.2) is 5.78 Å². The molecule has 0 amide bonds. The van der Waals surface area contributed by atoms with E-state index in [4.69, 9.17) is 16.3 Å². The lowest BCUT2D eigenvalue weighted by atomic mass is 9.68. The van der Waals surface area contributed by atoms with E-state index >= 15 is 0 Å². The summed E-state index contributed by atoms with van der Waals surface area (Å²) in [4.78, 5) is 25.7. The Labute approximate surface area is 163 Å². The van der Waals surface area contributed by atoms with Crippen molar-refractivity contribution in [2.24, 2.45) is 5.41 Å². The summed E-state index contributed by atoms with van der Waals surface area (Å²) in [6.45, 7) is 7.83. The van der Waals surface area contributed by atoms with Crippen LogP contribution in [-0.2, 0) is 14.3 Å². The van der Waals surface area contributed by atoms with Gasteiger partial charge in [-0.25, -0.2) is 9.18 Å². The molecule has 0 aromatic heterocycles. The van der Waals surface area contributed by atoms with Gasteiger partial charge in [-0.1, -0.05) is 31.5 Å². The average molecular weight is 392 g/mol. The minimum Gasteiger partial charge on any atom is -0.463 e. The van der Waals surface area contributed by atoms with E-state index in [1.165, 1.54) is 12.1 Å². The second kappa shape index (κ2) is 7.12. The molecule has 27 heavy (non-hydrogen) atoms. The van der Waals surface area contributed by atoms with Gasteiger partial charge in [-0.15, -0.1) is 0 Å². The van der Waals surface area contributed by atoms with Gasteiger partial charge in [-0.3, -0.25) is 4.79 Å². The Kier molecular flexibility index (Phi) is 5.17. The second-order valence-electron chi connectivity index (χ2n) is 7.82. The normalized spacial score (nSPS) is 21.7. The molecule has 0 fully saturated rings. The van der Waals surface area contributed by atoms with Gasteiger partial charge in [-0.2, -0.15) is 0 Å². The molecule has 1 N–H and O–H groups in total. The number of ether oxygens (including phenoxy) is 1. The first-order valence-electron chi connectivity index (χ1n) is 9.00. The number of carbonyl (C=O) groups is 2. The van der Waals surface area contributed by atoms with Gasteiger partial charge in [0, 0.05) is 29.3 Å². The van der Waals surface area contributed by atoms with Crippen molar-refractivity contribution in [2.45, 2.75) is 46.5 Å². The Morgan fingerprint density at radius 2 is 2.07 bits per heavy atom. The Morgan fingerprint density at radius 3 is 2.70 bits per heavy atom. The summed E-state index contributed by atoms with van der Waals surface area (Å²) in [5, 5.41) is 3.21. The SMILES string of the molecule is CCOC(=O)C1=C(C)NC2=C(C(=O)CC(C)(C)C2)C1c1ccc(F)c(Cl)c1. The van der Waals surface area contributed by atoms with Crippen molar-refractivity contribution in [3.63, 3.8) is 0 Å². The zero-order valence-corrected chi connectivity index (χ0v) is 16.7. The molecule has 1 aliphatic heterocycles. The van der Waals surface area contributed by atoms with E-state index in [0.29, 0.717) is 35.2 Å². The van der Waals surface area contributed by atoms with Crippen molar-refractivity contribution in [1.29, 1.82) is 0 Å². The van der Waals surface area contributed by atoms with Crippen molar-refractivity contribution in [2.75, 3.05) is 6.61 Å².